The van der Waals surface area contributed by atoms with Gasteiger partial charge in [0.2, 0.25) is 5.96 Å². The Balaban J connectivity index is 1.51. The highest BCUT2D eigenvalue weighted by Crippen LogP contribution is 2.36. The number of pyridine rings is 1. The van der Waals surface area contributed by atoms with Gasteiger partial charge in [-0.1, -0.05) is 72.0 Å². The van der Waals surface area contributed by atoms with E-state index < -0.39 is 6.04 Å². The van der Waals surface area contributed by atoms with Gasteiger partial charge in [-0.25, -0.2) is 9.98 Å². The lowest BCUT2D eigenvalue weighted by Crippen LogP contribution is -2.32. The van der Waals surface area contributed by atoms with Crippen LogP contribution in [0.3, 0.4) is 0 Å². The quantitative estimate of drug-likeness (QED) is 0.368. The summed E-state index contributed by atoms with van der Waals surface area (Å²) in [5, 5.41) is 8.38. The smallest absolute Gasteiger partial charge is 0.256 e. The van der Waals surface area contributed by atoms with Crippen molar-refractivity contribution in [3.63, 3.8) is 0 Å². The van der Waals surface area contributed by atoms with Gasteiger partial charge in [0.1, 0.15) is 6.04 Å². The molecule has 0 saturated heterocycles. The number of aromatic amines is 1. The molecule has 31 heavy (non-hydrogen) atoms. The number of para-hydroxylation sites is 2. The third-order valence-electron chi connectivity index (χ3n) is 5.37. The van der Waals surface area contributed by atoms with Gasteiger partial charge in [0.25, 0.3) is 5.56 Å². The predicted molar refractivity (Wildman–Crippen MR) is 127 cm³/mol. The molecule has 3 heterocycles. The lowest BCUT2D eigenvalue weighted by atomic mass is 9.96. The standard InChI is InChI=1S/C24H17N5OS/c30-22-19-20(14-8-2-1-3-9-14)27-23(28-21(19)15-10-4-5-11-16(15)25-22)29-24-26-17-12-6-7-13-18(17)31-24/h1-13,20H,(H,25,30)(H2,26,27,28,29)/t20-/m1/s1. The summed E-state index contributed by atoms with van der Waals surface area (Å²) in [6.45, 7) is 0. The maximum atomic E-state index is 13.0. The molecule has 1 aliphatic rings. The van der Waals surface area contributed by atoms with Gasteiger partial charge in [-0.3, -0.25) is 4.79 Å². The van der Waals surface area contributed by atoms with E-state index in [4.69, 9.17) is 4.99 Å². The van der Waals surface area contributed by atoms with E-state index in [1.54, 1.807) is 11.3 Å². The zero-order valence-electron chi connectivity index (χ0n) is 16.3. The van der Waals surface area contributed by atoms with Crippen molar-refractivity contribution in [3.05, 3.63) is 100 Å². The van der Waals surface area contributed by atoms with Crippen molar-refractivity contribution >= 4 is 49.2 Å². The van der Waals surface area contributed by atoms with Crippen molar-refractivity contribution in [2.24, 2.45) is 4.99 Å². The number of aliphatic imine (C=N–C) groups is 1. The summed E-state index contributed by atoms with van der Waals surface area (Å²) in [6, 6.07) is 25.2. The molecule has 2 aromatic heterocycles. The first kappa shape index (κ1) is 17.9. The van der Waals surface area contributed by atoms with Crippen LogP contribution < -0.4 is 16.2 Å². The average molecular weight is 424 g/mol. The van der Waals surface area contributed by atoms with E-state index in [1.807, 2.05) is 78.9 Å². The van der Waals surface area contributed by atoms with Crippen molar-refractivity contribution in [1.29, 1.82) is 0 Å². The van der Waals surface area contributed by atoms with Crippen LogP contribution in [0, 0.1) is 0 Å². The summed E-state index contributed by atoms with van der Waals surface area (Å²) in [4.78, 5) is 25.6. The van der Waals surface area contributed by atoms with Crippen molar-refractivity contribution in [2.75, 3.05) is 10.6 Å². The first-order chi connectivity index (χ1) is 15.3. The summed E-state index contributed by atoms with van der Waals surface area (Å²) in [5.74, 6) is 0.566. The molecule has 7 heteroatoms. The first-order valence-electron chi connectivity index (χ1n) is 9.93. The molecule has 3 aromatic carbocycles. The molecule has 0 amide bonds. The fourth-order valence-corrected chi connectivity index (χ4v) is 4.83. The molecule has 150 valence electrons. The van der Waals surface area contributed by atoms with Crippen molar-refractivity contribution < 1.29 is 0 Å². The van der Waals surface area contributed by atoms with E-state index in [9.17, 15) is 4.79 Å². The van der Waals surface area contributed by atoms with Gasteiger partial charge in [-0.15, -0.1) is 0 Å². The molecular weight excluding hydrogens is 406 g/mol. The highest BCUT2D eigenvalue weighted by Gasteiger charge is 2.28. The van der Waals surface area contributed by atoms with Crippen molar-refractivity contribution in [2.45, 2.75) is 6.04 Å². The Morgan fingerprint density at radius 3 is 2.55 bits per heavy atom. The van der Waals surface area contributed by atoms with Gasteiger partial charge < -0.3 is 15.6 Å². The predicted octanol–water partition coefficient (Wildman–Crippen LogP) is 5.12. The zero-order chi connectivity index (χ0) is 20.8. The lowest BCUT2D eigenvalue weighted by Gasteiger charge is -2.26. The number of aromatic nitrogens is 2. The van der Waals surface area contributed by atoms with E-state index in [1.165, 1.54) is 0 Å². The van der Waals surface area contributed by atoms with Gasteiger partial charge >= 0.3 is 0 Å². The van der Waals surface area contributed by atoms with E-state index >= 15 is 0 Å². The lowest BCUT2D eigenvalue weighted by molar-refractivity contribution is 0.846. The topological polar surface area (TPSA) is 82.2 Å². The van der Waals surface area contributed by atoms with Gasteiger partial charge in [0, 0.05) is 5.39 Å². The molecule has 3 N–H and O–H groups in total. The molecule has 0 aliphatic carbocycles. The van der Waals surface area contributed by atoms with Crippen LogP contribution in [0.2, 0.25) is 0 Å². The van der Waals surface area contributed by atoms with Crippen LogP contribution in [-0.2, 0) is 0 Å². The Kier molecular flexibility index (Phi) is 4.07. The first-order valence-corrected chi connectivity index (χ1v) is 10.8. The molecule has 1 atom stereocenters. The second-order valence-corrected chi connectivity index (χ2v) is 8.35. The number of hydrogen-bond donors (Lipinski definition) is 3. The number of nitrogens with one attached hydrogen (secondary N) is 3. The van der Waals surface area contributed by atoms with Crippen LogP contribution in [0.15, 0.2) is 88.6 Å². The third-order valence-corrected chi connectivity index (χ3v) is 6.32. The molecule has 0 fully saturated rings. The molecule has 0 spiro atoms. The maximum absolute atomic E-state index is 13.0. The fourth-order valence-electron chi connectivity index (χ4n) is 3.97. The number of nitrogens with zero attached hydrogens (tertiary/aromatic N) is 2. The summed E-state index contributed by atoms with van der Waals surface area (Å²) in [6.07, 6.45) is 0. The number of hydrogen-bond acceptors (Lipinski definition) is 6. The molecule has 6 nitrogen and oxygen atoms in total. The normalized spacial score (nSPS) is 15.4. The van der Waals surface area contributed by atoms with Gasteiger partial charge in [0.05, 0.1) is 27.0 Å². The second-order valence-electron chi connectivity index (χ2n) is 7.32. The van der Waals surface area contributed by atoms with Crippen molar-refractivity contribution in [3.8, 4) is 0 Å². The Morgan fingerprint density at radius 2 is 1.68 bits per heavy atom. The molecule has 6 rings (SSSR count). The Bertz CT molecular complexity index is 1490. The van der Waals surface area contributed by atoms with Gasteiger partial charge in [-0.2, -0.15) is 0 Å². The number of anilines is 2. The van der Waals surface area contributed by atoms with Gasteiger partial charge in [-0.05, 0) is 23.8 Å². The van der Waals surface area contributed by atoms with E-state index in [0.29, 0.717) is 11.5 Å². The molecule has 0 saturated carbocycles. The fraction of sp³-hybridized carbons (Fsp3) is 0.0417. The van der Waals surface area contributed by atoms with Gasteiger partial charge in [0.15, 0.2) is 5.13 Å². The van der Waals surface area contributed by atoms with Crippen LogP contribution in [0.5, 0.6) is 0 Å². The molecule has 0 radical (unpaired) electrons. The Hall–Kier alpha value is -3.97. The molecule has 1 aliphatic heterocycles. The van der Waals surface area contributed by atoms with E-state index in [2.05, 4.69) is 20.6 Å². The summed E-state index contributed by atoms with van der Waals surface area (Å²) >= 11 is 1.57. The van der Waals surface area contributed by atoms with Crippen LogP contribution in [0.4, 0.5) is 10.8 Å². The second kappa shape index (κ2) is 7.07. The summed E-state index contributed by atoms with van der Waals surface area (Å²) in [7, 11) is 0. The van der Waals surface area contributed by atoms with Crippen molar-refractivity contribution in [1.82, 2.24) is 9.97 Å². The number of fused-ring (bicyclic) bond motifs is 4. The number of guanidine groups is 1. The van der Waals surface area contributed by atoms with E-state index in [0.717, 1.165) is 37.5 Å². The number of thiazole rings is 1. The monoisotopic (exact) mass is 423 g/mol. The summed E-state index contributed by atoms with van der Waals surface area (Å²) in [5.41, 5.74) is 3.92. The highest BCUT2D eigenvalue weighted by atomic mass is 32.1. The number of rotatable bonds is 2. The maximum Gasteiger partial charge on any atom is 0.256 e. The zero-order valence-corrected chi connectivity index (χ0v) is 17.1. The minimum atomic E-state index is -0.428. The molecule has 0 bridgehead atoms. The van der Waals surface area contributed by atoms with Crippen LogP contribution in [0.25, 0.3) is 21.1 Å². The highest BCUT2D eigenvalue weighted by molar-refractivity contribution is 7.22. The third kappa shape index (κ3) is 3.06. The summed E-state index contributed by atoms with van der Waals surface area (Å²) < 4.78 is 1.10. The van der Waals surface area contributed by atoms with Crippen LogP contribution in [-0.4, -0.2) is 15.9 Å². The SMILES string of the molecule is O=c1[nH]c2ccccc2c2c1[C@@H](c1ccccc1)N=C(Nc1nc3ccccc3s1)N2. The van der Waals surface area contributed by atoms with E-state index in [-0.39, 0.29) is 5.56 Å². The minimum absolute atomic E-state index is 0.141. The Morgan fingerprint density at radius 1 is 0.903 bits per heavy atom. The van der Waals surface area contributed by atoms with Crippen LogP contribution in [0.1, 0.15) is 17.2 Å². The average Bonchev–Trinajstić information content (AvgIpc) is 3.21. The largest absolute Gasteiger partial charge is 0.325 e. The number of benzene rings is 3. The molecular formula is C24H17N5OS. The molecule has 5 aromatic rings. The number of H-pyrrole nitrogens is 1. The minimum Gasteiger partial charge on any atom is -0.325 e. The van der Waals surface area contributed by atoms with Crippen LogP contribution >= 0.6 is 11.3 Å². The molecule has 0 unspecified atom stereocenters. The Labute approximate surface area is 181 Å².